The van der Waals surface area contributed by atoms with Crippen LogP contribution in [0.2, 0.25) is 5.15 Å². The maximum absolute atomic E-state index is 9.18. The van der Waals surface area contributed by atoms with Crippen LogP contribution in [-0.2, 0) is 6.61 Å². The zero-order chi connectivity index (χ0) is 13.6. The van der Waals surface area contributed by atoms with E-state index >= 15 is 0 Å². The Morgan fingerprint density at radius 2 is 2.05 bits per heavy atom. The number of halogens is 1. The Labute approximate surface area is 119 Å². The van der Waals surface area contributed by atoms with Crippen molar-refractivity contribution >= 4 is 34.0 Å². The summed E-state index contributed by atoms with van der Waals surface area (Å²) >= 11 is 7.35. The minimum absolute atomic E-state index is 0.0960. The van der Waals surface area contributed by atoms with Crippen molar-refractivity contribution in [3.63, 3.8) is 0 Å². The fourth-order valence-electron chi connectivity index (χ4n) is 1.94. The molecule has 4 nitrogen and oxygen atoms in total. The quantitative estimate of drug-likeness (QED) is 0.789. The lowest BCUT2D eigenvalue weighted by Crippen LogP contribution is -1.91. The number of aliphatic hydroxyl groups excluding tert-OH is 1. The number of fused-ring (bicyclic) bond motifs is 1. The lowest BCUT2D eigenvalue weighted by atomic mass is 10.1. The molecule has 0 bridgehead atoms. The first-order valence-electron chi connectivity index (χ1n) is 5.81. The first kappa shape index (κ1) is 12.6. The van der Waals surface area contributed by atoms with Gasteiger partial charge in [-0.25, -0.2) is 9.97 Å². The minimum Gasteiger partial charge on any atom is -0.391 e. The number of thiazole rings is 1. The number of benzene rings is 1. The highest BCUT2D eigenvalue weighted by Gasteiger charge is 2.13. The molecule has 0 amide bonds. The summed E-state index contributed by atoms with van der Waals surface area (Å²) in [5.41, 5.74) is 4.35. The number of aliphatic hydroxyl groups is 1. The van der Waals surface area contributed by atoms with Gasteiger partial charge in [0.2, 0.25) is 0 Å². The molecule has 1 N–H and O–H groups in total. The van der Waals surface area contributed by atoms with Crippen LogP contribution in [0.25, 0.3) is 16.2 Å². The van der Waals surface area contributed by atoms with E-state index in [1.54, 1.807) is 6.33 Å². The van der Waals surface area contributed by atoms with Crippen LogP contribution >= 0.6 is 22.9 Å². The summed E-state index contributed by atoms with van der Waals surface area (Å²) in [6, 6.07) is 4.15. The van der Waals surface area contributed by atoms with E-state index in [0.717, 1.165) is 16.2 Å². The number of hydrogen-bond donors (Lipinski definition) is 1. The Morgan fingerprint density at radius 1 is 1.32 bits per heavy atom. The van der Waals surface area contributed by atoms with E-state index in [4.69, 9.17) is 11.6 Å². The van der Waals surface area contributed by atoms with Crippen LogP contribution < -0.4 is 0 Å². The fourth-order valence-corrected chi connectivity index (χ4v) is 3.04. The molecule has 0 radical (unpaired) electrons. The largest absolute Gasteiger partial charge is 0.391 e. The number of aromatic nitrogens is 3. The number of imidazole rings is 1. The normalized spacial score (nSPS) is 11.4. The summed E-state index contributed by atoms with van der Waals surface area (Å²) in [5, 5.41) is 10.3. The monoisotopic (exact) mass is 293 g/mol. The molecular formula is C13H12ClN3OS. The van der Waals surface area contributed by atoms with Gasteiger partial charge >= 0.3 is 0 Å². The molecule has 6 heteroatoms. The summed E-state index contributed by atoms with van der Waals surface area (Å²) < 4.78 is 1.90. The summed E-state index contributed by atoms with van der Waals surface area (Å²) in [5.74, 6) is 0. The van der Waals surface area contributed by atoms with E-state index in [0.29, 0.717) is 10.0 Å². The average molecular weight is 294 g/mol. The third kappa shape index (κ3) is 2.04. The number of rotatable bonds is 2. The Morgan fingerprint density at radius 3 is 2.74 bits per heavy atom. The highest BCUT2D eigenvalue weighted by molar-refractivity contribution is 7.14. The van der Waals surface area contributed by atoms with Gasteiger partial charge in [0.25, 0.3) is 0 Å². The molecule has 0 saturated heterocycles. The lowest BCUT2D eigenvalue weighted by molar-refractivity contribution is 0.285. The first-order valence-corrected chi connectivity index (χ1v) is 7.00. The molecule has 3 rings (SSSR count). The van der Waals surface area contributed by atoms with Crippen LogP contribution in [0.5, 0.6) is 0 Å². The third-order valence-electron chi connectivity index (χ3n) is 3.15. The van der Waals surface area contributed by atoms with Crippen LogP contribution in [0.15, 0.2) is 18.5 Å². The van der Waals surface area contributed by atoms with Crippen molar-refractivity contribution in [3.8, 4) is 5.13 Å². The molecular weight excluding hydrogens is 282 g/mol. The molecule has 0 aliphatic heterocycles. The van der Waals surface area contributed by atoms with Gasteiger partial charge < -0.3 is 5.11 Å². The van der Waals surface area contributed by atoms with Gasteiger partial charge in [-0.1, -0.05) is 22.9 Å². The molecule has 19 heavy (non-hydrogen) atoms. The molecule has 0 unspecified atom stereocenters. The number of hydrogen-bond acceptors (Lipinski definition) is 4. The second-order valence-corrected chi connectivity index (χ2v) is 5.83. The molecule has 0 atom stereocenters. The summed E-state index contributed by atoms with van der Waals surface area (Å²) in [6.07, 6.45) is 1.74. The summed E-state index contributed by atoms with van der Waals surface area (Å²) in [7, 11) is 0. The fraction of sp³-hybridized carbons (Fsp3) is 0.231. The molecule has 1 aromatic carbocycles. The molecule has 0 aliphatic carbocycles. The van der Waals surface area contributed by atoms with Crippen LogP contribution in [0.1, 0.15) is 16.0 Å². The Bertz CT molecular complexity index is 763. The Kier molecular flexibility index (Phi) is 3.05. The topological polar surface area (TPSA) is 50.9 Å². The highest BCUT2D eigenvalue weighted by atomic mass is 35.5. The van der Waals surface area contributed by atoms with Crippen molar-refractivity contribution in [2.75, 3.05) is 0 Å². The standard InChI is InChI=1S/C13H12ClN3OS/c1-7-3-9-10(4-8(7)2)17(6-15-9)13-16-12(14)11(5-18)19-13/h3-4,6,18H,5H2,1-2H3. The SMILES string of the molecule is Cc1cc2ncn(-c3nc(Cl)c(CO)s3)c2cc1C. The molecule has 0 aliphatic rings. The van der Waals surface area contributed by atoms with Crippen molar-refractivity contribution in [2.45, 2.75) is 20.5 Å². The second-order valence-electron chi connectivity index (χ2n) is 4.41. The van der Waals surface area contributed by atoms with Gasteiger partial charge in [0.05, 0.1) is 22.5 Å². The molecule has 2 aromatic heterocycles. The van der Waals surface area contributed by atoms with Gasteiger partial charge in [-0.2, -0.15) is 0 Å². The smallest absolute Gasteiger partial charge is 0.197 e. The van der Waals surface area contributed by atoms with E-state index in [9.17, 15) is 5.11 Å². The molecule has 3 aromatic rings. The van der Waals surface area contributed by atoms with Gasteiger partial charge in [0.1, 0.15) is 11.5 Å². The lowest BCUT2D eigenvalue weighted by Gasteiger charge is -2.02. The van der Waals surface area contributed by atoms with E-state index in [1.165, 1.54) is 22.5 Å². The van der Waals surface area contributed by atoms with Gasteiger partial charge in [-0.15, -0.1) is 0 Å². The zero-order valence-electron chi connectivity index (χ0n) is 10.5. The summed E-state index contributed by atoms with van der Waals surface area (Å²) in [4.78, 5) is 9.33. The molecule has 2 heterocycles. The molecule has 0 saturated carbocycles. The van der Waals surface area contributed by atoms with E-state index in [2.05, 4.69) is 35.9 Å². The second kappa shape index (κ2) is 4.59. The van der Waals surface area contributed by atoms with Crippen molar-refractivity contribution in [2.24, 2.45) is 0 Å². The first-order chi connectivity index (χ1) is 9.10. The van der Waals surface area contributed by atoms with Gasteiger partial charge in [0.15, 0.2) is 5.13 Å². The highest BCUT2D eigenvalue weighted by Crippen LogP contribution is 2.28. The maximum Gasteiger partial charge on any atom is 0.197 e. The van der Waals surface area contributed by atoms with Crippen molar-refractivity contribution < 1.29 is 5.11 Å². The molecule has 98 valence electrons. The third-order valence-corrected chi connectivity index (χ3v) is 4.61. The van der Waals surface area contributed by atoms with Crippen molar-refractivity contribution in [1.82, 2.24) is 14.5 Å². The van der Waals surface area contributed by atoms with Crippen LogP contribution in [0.3, 0.4) is 0 Å². The van der Waals surface area contributed by atoms with E-state index in [-0.39, 0.29) is 6.61 Å². The maximum atomic E-state index is 9.18. The van der Waals surface area contributed by atoms with Crippen LogP contribution in [0.4, 0.5) is 0 Å². The van der Waals surface area contributed by atoms with Gasteiger partial charge in [-0.3, -0.25) is 4.57 Å². The Balaban J connectivity index is 2.22. The zero-order valence-corrected chi connectivity index (χ0v) is 12.1. The predicted molar refractivity (Wildman–Crippen MR) is 77.1 cm³/mol. The Hall–Kier alpha value is -1.43. The number of aryl methyl sites for hydroxylation is 2. The average Bonchev–Trinajstić information content (AvgIpc) is 2.93. The summed E-state index contributed by atoms with van der Waals surface area (Å²) in [6.45, 7) is 4.04. The predicted octanol–water partition coefficient (Wildman–Crippen LogP) is 3.24. The van der Waals surface area contributed by atoms with E-state index < -0.39 is 0 Å². The van der Waals surface area contributed by atoms with E-state index in [1.807, 2.05) is 4.57 Å². The number of nitrogens with zero attached hydrogens (tertiary/aromatic N) is 3. The van der Waals surface area contributed by atoms with Crippen molar-refractivity contribution in [1.29, 1.82) is 0 Å². The van der Waals surface area contributed by atoms with Gasteiger partial charge in [-0.05, 0) is 37.1 Å². The molecule has 0 fully saturated rings. The van der Waals surface area contributed by atoms with Crippen molar-refractivity contribution in [3.05, 3.63) is 39.6 Å². The minimum atomic E-state index is -0.0960. The molecule has 0 spiro atoms. The van der Waals surface area contributed by atoms with Gasteiger partial charge in [0, 0.05) is 0 Å². The van der Waals surface area contributed by atoms with Crippen LogP contribution in [-0.4, -0.2) is 19.6 Å². The van der Waals surface area contributed by atoms with Crippen LogP contribution in [0, 0.1) is 13.8 Å².